The number of aromatic nitrogens is 1. The van der Waals surface area contributed by atoms with E-state index < -0.39 is 12.2 Å². The van der Waals surface area contributed by atoms with Gasteiger partial charge in [-0.25, -0.2) is 14.8 Å². The summed E-state index contributed by atoms with van der Waals surface area (Å²) >= 11 is 9.38. The highest BCUT2D eigenvalue weighted by molar-refractivity contribution is 9.09. The van der Waals surface area contributed by atoms with E-state index in [1.54, 1.807) is 17.2 Å². The molecule has 2 aliphatic rings. The second-order valence-electron chi connectivity index (χ2n) is 6.53. The van der Waals surface area contributed by atoms with Crippen LogP contribution in [0.25, 0.3) is 0 Å². The molecule has 9 heteroatoms. The van der Waals surface area contributed by atoms with Crippen LogP contribution < -0.4 is 0 Å². The van der Waals surface area contributed by atoms with Gasteiger partial charge in [0.1, 0.15) is 11.0 Å². The lowest BCUT2D eigenvalue weighted by molar-refractivity contribution is -0.137. The second-order valence-corrected chi connectivity index (χ2v) is 7.71. The minimum absolute atomic E-state index is 0.180. The first kappa shape index (κ1) is 20.1. The number of carbonyl (C=O) groups excluding carboxylic acids is 2. The summed E-state index contributed by atoms with van der Waals surface area (Å²) in [5, 5.41) is 1.08. The van der Waals surface area contributed by atoms with E-state index in [4.69, 9.17) is 16.6 Å². The largest absolute Gasteiger partial charge is 0.340 e. The maximum Gasteiger partial charge on any atom is 0.328 e. The average molecular weight is 457 g/mol. The van der Waals surface area contributed by atoms with Crippen molar-refractivity contribution in [3.63, 3.8) is 0 Å². The monoisotopic (exact) mass is 455 g/mol. The fourth-order valence-electron chi connectivity index (χ4n) is 3.57. The van der Waals surface area contributed by atoms with Crippen LogP contribution in [0, 0.1) is 0 Å². The summed E-state index contributed by atoms with van der Waals surface area (Å²) < 4.78 is 0. The number of halogens is 2. The number of carbonyl (C=O) groups is 2. The number of fused-ring (bicyclic) bond motifs is 1. The molecule has 1 fully saturated rings. The van der Waals surface area contributed by atoms with Crippen LogP contribution in [-0.2, 0) is 4.79 Å². The maximum absolute atomic E-state index is 13.2. The quantitative estimate of drug-likeness (QED) is 0.467. The normalized spacial score (nSPS) is 22.4. The first-order valence-corrected chi connectivity index (χ1v) is 10.7. The molecule has 2 unspecified atom stereocenters. The Morgan fingerprint density at radius 1 is 1.11 bits per heavy atom. The smallest absolute Gasteiger partial charge is 0.328 e. The number of rotatable bonds is 7. The molecule has 27 heavy (non-hydrogen) atoms. The molecule has 146 valence electrons. The molecule has 0 aromatic carbocycles. The van der Waals surface area contributed by atoms with Gasteiger partial charge in [0.15, 0.2) is 12.2 Å². The van der Waals surface area contributed by atoms with Gasteiger partial charge in [0, 0.05) is 36.7 Å². The zero-order chi connectivity index (χ0) is 19.6. The van der Waals surface area contributed by atoms with E-state index in [9.17, 15) is 9.59 Å². The van der Waals surface area contributed by atoms with Crippen LogP contribution in [0.4, 0.5) is 4.79 Å². The van der Waals surface area contributed by atoms with Crippen molar-refractivity contribution in [2.75, 3.05) is 25.0 Å². The number of nitrogens with zero attached hydrogens (tertiary/aromatic N) is 5. The third kappa shape index (κ3) is 3.69. The molecule has 0 saturated carbocycles. The summed E-state index contributed by atoms with van der Waals surface area (Å²) in [5.74, 6) is 0.495. The van der Waals surface area contributed by atoms with Crippen LogP contribution >= 0.6 is 27.5 Å². The number of amidine groups is 1. The number of hydrogen-bond donors (Lipinski definition) is 0. The third-order valence-corrected chi connectivity index (χ3v) is 5.26. The maximum atomic E-state index is 13.2. The molecule has 3 amide bonds. The van der Waals surface area contributed by atoms with Gasteiger partial charge < -0.3 is 4.90 Å². The van der Waals surface area contributed by atoms with Gasteiger partial charge in [0.25, 0.3) is 5.91 Å². The van der Waals surface area contributed by atoms with Gasteiger partial charge >= 0.3 is 6.03 Å². The lowest BCUT2D eigenvalue weighted by Gasteiger charge is -2.42. The van der Waals surface area contributed by atoms with Gasteiger partial charge in [-0.15, -0.1) is 0 Å². The first-order valence-electron chi connectivity index (χ1n) is 9.17. The van der Waals surface area contributed by atoms with Crippen molar-refractivity contribution in [2.24, 2.45) is 4.99 Å². The fourth-order valence-corrected chi connectivity index (χ4v) is 4.06. The molecule has 0 spiro atoms. The Kier molecular flexibility index (Phi) is 6.37. The number of urea groups is 1. The van der Waals surface area contributed by atoms with E-state index in [-0.39, 0.29) is 11.9 Å². The fraction of sp³-hybridized carbons (Fsp3) is 0.556. The van der Waals surface area contributed by atoms with Crippen LogP contribution in [0.5, 0.6) is 0 Å². The first-order chi connectivity index (χ1) is 13.0. The number of hydrogen-bond acceptors (Lipinski definition) is 5. The number of pyridine rings is 1. The van der Waals surface area contributed by atoms with Crippen molar-refractivity contribution in [3.05, 3.63) is 29.0 Å². The molecular weight excluding hydrogens is 434 g/mol. The van der Waals surface area contributed by atoms with Crippen LogP contribution in [-0.4, -0.2) is 74.6 Å². The average Bonchev–Trinajstić information content (AvgIpc) is 3.02. The lowest BCUT2D eigenvalue weighted by Crippen LogP contribution is -2.66. The zero-order valence-corrected chi connectivity index (χ0v) is 17.8. The van der Waals surface area contributed by atoms with Crippen molar-refractivity contribution < 1.29 is 9.59 Å². The molecular formula is C18H23BrClN5O2. The molecule has 0 radical (unpaired) electrons. The predicted octanol–water partition coefficient (Wildman–Crippen LogP) is 2.97. The molecule has 1 aromatic rings. The summed E-state index contributed by atoms with van der Waals surface area (Å²) in [7, 11) is 0. The number of alkyl halides is 1. The Balaban J connectivity index is 2.04. The van der Waals surface area contributed by atoms with Crippen molar-refractivity contribution in [2.45, 2.75) is 38.9 Å². The molecule has 2 atom stereocenters. The lowest BCUT2D eigenvalue weighted by atomic mass is 10.1. The summed E-state index contributed by atoms with van der Waals surface area (Å²) in [6.07, 6.45) is 2.67. The van der Waals surface area contributed by atoms with Gasteiger partial charge in [0.2, 0.25) is 0 Å². The van der Waals surface area contributed by atoms with Crippen molar-refractivity contribution in [3.8, 4) is 0 Å². The summed E-state index contributed by atoms with van der Waals surface area (Å²) in [6.45, 7) is 5.56. The summed E-state index contributed by atoms with van der Waals surface area (Å²) in [5.41, 5.74) is 0.786. The standard InChI is InChI=1S/C18H23BrClN5O2/c1-3-8-24-16-14(17(26)25(9-4-2)18(24)27)23(10-7-19)15(22-16)12-5-6-13(20)21-11-12/h5-6,11,14,16H,3-4,7-10H2,1-2H3. The summed E-state index contributed by atoms with van der Waals surface area (Å²) in [4.78, 5) is 40.1. The molecule has 0 bridgehead atoms. The molecule has 3 heterocycles. The number of amides is 3. The Bertz CT molecular complexity index is 742. The van der Waals surface area contributed by atoms with Gasteiger partial charge in [-0.2, -0.15) is 0 Å². The van der Waals surface area contributed by atoms with Crippen LogP contribution in [0.15, 0.2) is 23.3 Å². The van der Waals surface area contributed by atoms with E-state index in [1.165, 1.54) is 4.90 Å². The Morgan fingerprint density at radius 2 is 1.85 bits per heavy atom. The van der Waals surface area contributed by atoms with Crippen molar-refractivity contribution in [1.29, 1.82) is 0 Å². The summed E-state index contributed by atoms with van der Waals surface area (Å²) in [6, 6.07) is 2.79. The van der Waals surface area contributed by atoms with Gasteiger partial charge in [-0.1, -0.05) is 41.4 Å². The molecule has 0 aliphatic carbocycles. The topological polar surface area (TPSA) is 69.1 Å². The Labute approximate surface area is 172 Å². The van der Waals surface area contributed by atoms with Gasteiger partial charge in [-0.05, 0) is 25.0 Å². The molecule has 1 aromatic heterocycles. The molecule has 1 saturated heterocycles. The minimum atomic E-state index is -0.511. The Morgan fingerprint density at radius 3 is 2.44 bits per heavy atom. The Hall–Kier alpha value is -1.67. The van der Waals surface area contributed by atoms with Crippen molar-refractivity contribution in [1.82, 2.24) is 19.7 Å². The minimum Gasteiger partial charge on any atom is -0.340 e. The van der Waals surface area contributed by atoms with E-state index in [0.29, 0.717) is 36.0 Å². The second kappa shape index (κ2) is 8.56. The van der Waals surface area contributed by atoms with Crippen LogP contribution in [0.1, 0.15) is 32.3 Å². The van der Waals surface area contributed by atoms with Crippen LogP contribution in [0.2, 0.25) is 5.15 Å². The van der Waals surface area contributed by atoms with E-state index >= 15 is 0 Å². The third-order valence-electron chi connectivity index (χ3n) is 4.68. The molecule has 0 N–H and O–H groups in total. The number of aliphatic imine (C=N–C) groups is 1. The van der Waals surface area contributed by atoms with E-state index in [0.717, 1.165) is 18.4 Å². The SMILES string of the molecule is CCCN1C(=O)C2C(N=C(c3ccc(Cl)nc3)N2CCBr)N(CCC)C1=O. The molecule has 3 rings (SSSR count). The molecule has 7 nitrogen and oxygen atoms in total. The predicted molar refractivity (Wildman–Crippen MR) is 108 cm³/mol. The zero-order valence-electron chi connectivity index (χ0n) is 15.4. The van der Waals surface area contributed by atoms with Crippen molar-refractivity contribution >= 4 is 45.3 Å². The highest BCUT2D eigenvalue weighted by atomic mass is 79.9. The molecule has 2 aliphatic heterocycles. The highest BCUT2D eigenvalue weighted by Gasteiger charge is 2.52. The van der Waals surface area contributed by atoms with E-state index in [2.05, 4.69) is 20.9 Å². The van der Waals surface area contributed by atoms with Crippen LogP contribution in [0.3, 0.4) is 0 Å². The van der Waals surface area contributed by atoms with E-state index in [1.807, 2.05) is 24.8 Å². The highest BCUT2D eigenvalue weighted by Crippen LogP contribution is 2.31. The van der Waals surface area contributed by atoms with Gasteiger partial charge in [-0.3, -0.25) is 14.6 Å². The van der Waals surface area contributed by atoms with Gasteiger partial charge in [0.05, 0.1) is 0 Å². The number of imide groups is 1.